The first-order chi connectivity index (χ1) is 30.7. The molecule has 0 unspecified atom stereocenters. The van der Waals surface area contributed by atoms with Crippen molar-refractivity contribution in [2.75, 3.05) is 0 Å². The highest BCUT2D eigenvalue weighted by molar-refractivity contribution is 6.12. The van der Waals surface area contributed by atoms with Crippen LogP contribution < -0.4 is 0 Å². The van der Waals surface area contributed by atoms with Gasteiger partial charge in [-0.2, -0.15) is 0 Å². The third-order valence-electron chi connectivity index (χ3n) is 12.6. The third kappa shape index (κ3) is 5.74. The quantitative estimate of drug-likeness (QED) is 0.161. The van der Waals surface area contributed by atoms with E-state index >= 15 is 0 Å². The van der Waals surface area contributed by atoms with Crippen LogP contribution in [0.3, 0.4) is 0 Å². The lowest BCUT2D eigenvalue weighted by atomic mass is 9.67. The molecule has 1 aliphatic carbocycles. The lowest BCUT2D eigenvalue weighted by molar-refractivity contribution is 0.669. The van der Waals surface area contributed by atoms with Crippen LogP contribution in [0.4, 0.5) is 0 Å². The highest BCUT2D eigenvalue weighted by atomic mass is 16.3. The van der Waals surface area contributed by atoms with Crippen molar-refractivity contribution < 1.29 is 4.42 Å². The first-order valence-corrected chi connectivity index (χ1v) is 21.1. The molecule has 62 heavy (non-hydrogen) atoms. The number of benzene rings is 9. The summed E-state index contributed by atoms with van der Waals surface area (Å²) < 4.78 is 6.23. The average molecular weight is 791 g/mol. The SMILES string of the molecule is c1ccc(-c2nc(-c3ccc(-c4cccc(-c5cccc6oc7ccccc7c56)c4)cc3)cc(-c3ccc4c(c3)C(c3ccccc3)(c3ccccc3)c3ccccc3-4)n2)cc1. The maximum absolute atomic E-state index is 6.23. The van der Waals surface area contributed by atoms with Crippen LogP contribution in [0.15, 0.2) is 235 Å². The van der Waals surface area contributed by atoms with Gasteiger partial charge in [0.15, 0.2) is 5.82 Å². The van der Waals surface area contributed by atoms with Gasteiger partial charge in [-0.25, -0.2) is 9.97 Å². The van der Waals surface area contributed by atoms with Gasteiger partial charge in [0.05, 0.1) is 16.8 Å². The molecule has 290 valence electrons. The van der Waals surface area contributed by atoms with Crippen LogP contribution in [-0.4, -0.2) is 9.97 Å². The molecule has 3 nitrogen and oxygen atoms in total. The van der Waals surface area contributed by atoms with Gasteiger partial charge in [0, 0.05) is 27.5 Å². The fraction of sp³-hybridized carbons (Fsp3) is 0.0169. The summed E-state index contributed by atoms with van der Waals surface area (Å²) in [6, 6.07) is 82.2. The molecule has 0 fully saturated rings. The van der Waals surface area contributed by atoms with Crippen molar-refractivity contribution >= 4 is 21.9 Å². The maximum Gasteiger partial charge on any atom is 0.160 e. The molecular formula is C59H38N2O. The largest absolute Gasteiger partial charge is 0.456 e. The zero-order valence-electron chi connectivity index (χ0n) is 33.7. The highest BCUT2D eigenvalue weighted by Gasteiger charge is 2.46. The van der Waals surface area contributed by atoms with E-state index in [2.05, 4.69) is 200 Å². The van der Waals surface area contributed by atoms with Crippen LogP contribution in [0.5, 0.6) is 0 Å². The zero-order valence-corrected chi connectivity index (χ0v) is 33.7. The Morgan fingerprint density at radius 2 is 0.871 bits per heavy atom. The maximum atomic E-state index is 6.23. The van der Waals surface area contributed by atoms with Crippen molar-refractivity contribution in [3.05, 3.63) is 253 Å². The van der Waals surface area contributed by atoms with Gasteiger partial charge in [0.2, 0.25) is 0 Å². The number of para-hydroxylation sites is 1. The van der Waals surface area contributed by atoms with Crippen LogP contribution in [0.2, 0.25) is 0 Å². The second kappa shape index (κ2) is 14.5. The Kier molecular flexibility index (Phi) is 8.39. The van der Waals surface area contributed by atoms with Crippen molar-refractivity contribution in [1.29, 1.82) is 0 Å². The van der Waals surface area contributed by atoms with Crippen LogP contribution in [0.1, 0.15) is 22.3 Å². The molecule has 12 rings (SSSR count). The summed E-state index contributed by atoms with van der Waals surface area (Å²) in [7, 11) is 0. The molecule has 0 aliphatic heterocycles. The van der Waals surface area contributed by atoms with Crippen molar-refractivity contribution in [3.8, 4) is 67.3 Å². The highest BCUT2D eigenvalue weighted by Crippen LogP contribution is 2.56. The van der Waals surface area contributed by atoms with E-state index < -0.39 is 5.41 Å². The molecular weight excluding hydrogens is 753 g/mol. The fourth-order valence-electron chi connectivity index (χ4n) is 9.78. The molecule has 9 aromatic carbocycles. The molecule has 0 N–H and O–H groups in total. The van der Waals surface area contributed by atoms with E-state index in [9.17, 15) is 0 Å². The second-order valence-corrected chi connectivity index (χ2v) is 16.1. The fourth-order valence-corrected chi connectivity index (χ4v) is 9.78. The van der Waals surface area contributed by atoms with Crippen LogP contribution in [-0.2, 0) is 5.41 Å². The van der Waals surface area contributed by atoms with Gasteiger partial charge < -0.3 is 4.42 Å². The Morgan fingerprint density at radius 1 is 0.323 bits per heavy atom. The molecule has 2 heterocycles. The van der Waals surface area contributed by atoms with E-state index in [1.807, 2.05) is 30.3 Å². The van der Waals surface area contributed by atoms with Gasteiger partial charge in [0.1, 0.15) is 11.2 Å². The number of furan rings is 1. The Bertz CT molecular complexity index is 3400. The van der Waals surface area contributed by atoms with Crippen LogP contribution >= 0.6 is 0 Å². The van der Waals surface area contributed by atoms with Crippen molar-refractivity contribution in [2.45, 2.75) is 5.41 Å². The van der Waals surface area contributed by atoms with E-state index in [-0.39, 0.29) is 0 Å². The topological polar surface area (TPSA) is 38.9 Å². The van der Waals surface area contributed by atoms with E-state index in [0.29, 0.717) is 5.82 Å². The minimum absolute atomic E-state index is 0.505. The standard InChI is InChI=1S/C59H38N2O/c1-4-16-41(17-5-1)58-60-53(40-32-30-39(31-33-40)42-18-14-19-43(36-42)47-26-15-29-56-57(47)50-25-11-13-28-55(50)62-56)38-54(61-58)44-34-35-49-48-24-10-12-27-51(48)59(52(49)37-44,45-20-6-2-7-21-45)46-22-8-3-9-23-46/h1-38H. The van der Waals surface area contributed by atoms with Gasteiger partial charge in [0.25, 0.3) is 0 Å². The molecule has 1 aliphatic rings. The number of fused-ring (bicyclic) bond motifs is 6. The number of nitrogens with zero attached hydrogens (tertiary/aromatic N) is 2. The Morgan fingerprint density at radius 3 is 1.65 bits per heavy atom. The van der Waals surface area contributed by atoms with Crippen molar-refractivity contribution in [3.63, 3.8) is 0 Å². The normalized spacial score (nSPS) is 12.6. The van der Waals surface area contributed by atoms with E-state index in [1.165, 1.54) is 33.4 Å². The summed E-state index contributed by atoms with van der Waals surface area (Å²) in [6.07, 6.45) is 0. The lowest BCUT2D eigenvalue weighted by Crippen LogP contribution is -2.28. The van der Waals surface area contributed by atoms with Gasteiger partial charge in [-0.15, -0.1) is 0 Å². The molecule has 0 amide bonds. The molecule has 0 saturated heterocycles. The summed E-state index contributed by atoms with van der Waals surface area (Å²) in [5.74, 6) is 0.692. The van der Waals surface area contributed by atoms with Gasteiger partial charge in [-0.3, -0.25) is 0 Å². The predicted molar refractivity (Wildman–Crippen MR) is 254 cm³/mol. The van der Waals surface area contributed by atoms with Crippen molar-refractivity contribution in [2.24, 2.45) is 0 Å². The predicted octanol–water partition coefficient (Wildman–Crippen LogP) is 15.1. The van der Waals surface area contributed by atoms with Crippen LogP contribution in [0, 0.1) is 0 Å². The lowest BCUT2D eigenvalue weighted by Gasteiger charge is -2.34. The monoisotopic (exact) mass is 790 g/mol. The molecule has 3 heteroatoms. The minimum Gasteiger partial charge on any atom is -0.456 e. The summed E-state index contributed by atoms with van der Waals surface area (Å²) in [5.41, 5.74) is 18.2. The van der Waals surface area contributed by atoms with E-state index in [4.69, 9.17) is 14.4 Å². The molecule has 0 radical (unpaired) electrons. The smallest absolute Gasteiger partial charge is 0.160 e. The van der Waals surface area contributed by atoms with Crippen molar-refractivity contribution in [1.82, 2.24) is 9.97 Å². The first-order valence-electron chi connectivity index (χ1n) is 21.1. The Balaban J connectivity index is 0.972. The molecule has 2 aromatic heterocycles. The third-order valence-corrected chi connectivity index (χ3v) is 12.6. The summed E-state index contributed by atoms with van der Waals surface area (Å²) in [6.45, 7) is 0. The van der Waals surface area contributed by atoms with Gasteiger partial charge in [-0.1, -0.05) is 200 Å². The molecule has 0 atom stereocenters. The molecule has 11 aromatic rings. The van der Waals surface area contributed by atoms with E-state index in [1.54, 1.807) is 0 Å². The molecule has 0 spiro atoms. The summed E-state index contributed by atoms with van der Waals surface area (Å²) in [5, 5.41) is 2.27. The number of hydrogen-bond acceptors (Lipinski definition) is 3. The van der Waals surface area contributed by atoms with Crippen LogP contribution in [0.25, 0.3) is 89.2 Å². The number of aromatic nitrogens is 2. The van der Waals surface area contributed by atoms with Gasteiger partial charge in [-0.05, 0) is 86.0 Å². The zero-order chi connectivity index (χ0) is 41.0. The Labute approximate surface area is 360 Å². The molecule has 0 saturated carbocycles. The van der Waals surface area contributed by atoms with E-state index in [0.717, 1.165) is 72.3 Å². The minimum atomic E-state index is -0.505. The summed E-state index contributed by atoms with van der Waals surface area (Å²) >= 11 is 0. The second-order valence-electron chi connectivity index (χ2n) is 16.1. The molecule has 0 bridgehead atoms. The summed E-state index contributed by atoms with van der Waals surface area (Å²) in [4.78, 5) is 10.5. The first kappa shape index (κ1) is 35.8. The average Bonchev–Trinajstić information content (AvgIpc) is 3.89. The van der Waals surface area contributed by atoms with Gasteiger partial charge >= 0.3 is 0 Å². The Hall–Kier alpha value is -8.14. The number of hydrogen-bond donors (Lipinski definition) is 0. The number of rotatable bonds is 7.